The van der Waals surface area contributed by atoms with Crippen LogP contribution >= 0.6 is 0 Å². The molecule has 0 bridgehead atoms. The fourth-order valence-corrected chi connectivity index (χ4v) is 7.67. The van der Waals surface area contributed by atoms with Crippen LogP contribution < -0.4 is 9.80 Å². The molecule has 0 saturated carbocycles. The standard InChI is InChI=1S/C53H40N2/c1-39-17-5-2-6-18-40-19-11-12-20-43(40)37-52(39)54(45-22-7-3-8-23-45)47-33-29-41(30-34-47)42-31-35-48(36-32-42)55(46-24-9-4-10-25-46)53-38-44-21-13-14-26-49(44)50-27-15-16-28-51(50)53/h2-17,19-38H,1,18H2/b6-2-,17-5-,52-37+. The number of hydrogen-bond acceptors (Lipinski definition) is 2. The van der Waals surface area contributed by atoms with Crippen molar-refractivity contribution < 1.29 is 0 Å². The summed E-state index contributed by atoms with van der Waals surface area (Å²) in [5.41, 5.74) is 12.3. The molecule has 8 aromatic carbocycles. The molecule has 55 heavy (non-hydrogen) atoms. The van der Waals surface area contributed by atoms with Crippen LogP contribution in [0.1, 0.15) is 11.1 Å². The van der Waals surface area contributed by atoms with Crippen molar-refractivity contribution in [1.29, 1.82) is 0 Å². The molecule has 0 aliphatic heterocycles. The summed E-state index contributed by atoms with van der Waals surface area (Å²) in [4.78, 5) is 4.69. The predicted molar refractivity (Wildman–Crippen MR) is 236 cm³/mol. The van der Waals surface area contributed by atoms with E-state index in [1.54, 1.807) is 0 Å². The Labute approximate surface area is 323 Å². The Morgan fingerprint density at radius 2 is 0.964 bits per heavy atom. The molecule has 0 aromatic heterocycles. The van der Waals surface area contributed by atoms with E-state index in [-0.39, 0.29) is 0 Å². The van der Waals surface area contributed by atoms with Crippen LogP contribution in [0, 0.1) is 0 Å². The molecule has 0 fully saturated rings. The van der Waals surface area contributed by atoms with Gasteiger partial charge in [0.25, 0.3) is 0 Å². The van der Waals surface area contributed by atoms with Crippen molar-refractivity contribution >= 4 is 56.1 Å². The van der Waals surface area contributed by atoms with Crippen molar-refractivity contribution in [3.8, 4) is 11.1 Å². The Morgan fingerprint density at radius 3 is 1.65 bits per heavy atom. The lowest BCUT2D eigenvalue weighted by atomic mass is 9.98. The quantitative estimate of drug-likeness (QED) is 0.152. The van der Waals surface area contributed by atoms with Gasteiger partial charge in [-0.1, -0.05) is 164 Å². The summed E-state index contributed by atoms with van der Waals surface area (Å²) in [5.74, 6) is 0. The van der Waals surface area contributed by atoms with Gasteiger partial charge < -0.3 is 9.80 Å². The molecule has 0 radical (unpaired) electrons. The van der Waals surface area contributed by atoms with Crippen molar-refractivity contribution in [3.05, 3.63) is 241 Å². The molecule has 9 rings (SSSR count). The van der Waals surface area contributed by atoms with E-state index in [1.165, 1.54) is 32.7 Å². The van der Waals surface area contributed by atoms with Gasteiger partial charge in [-0.05, 0) is 111 Å². The highest BCUT2D eigenvalue weighted by Gasteiger charge is 2.19. The Hall–Kier alpha value is -7.16. The van der Waals surface area contributed by atoms with Gasteiger partial charge in [0.1, 0.15) is 0 Å². The largest absolute Gasteiger partial charge is 0.310 e. The summed E-state index contributed by atoms with van der Waals surface area (Å²) < 4.78 is 0. The fourth-order valence-electron chi connectivity index (χ4n) is 7.67. The zero-order valence-electron chi connectivity index (χ0n) is 30.6. The third kappa shape index (κ3) is 6.78. The molecule has 0 amide bonds. The molecule has 0 saturated heterocycles. The van der Waals surface area contributed by atoms with Crippen LogP contribution in [0.25, 0.3) is 38.7 Å². The Balaban J connectivity index is 1.10. The van der Waals surface area contributed by atoms with Gasteiger partial charge in [0.05, 0.1) is 11.4 Å². The molecule has 8 aromatic rings. The predicted octanol–water partition coefficient (Wildman–Crippen LogP) is 14.5. The number of para-hydroxylation sites is 2. The van der Waals surface area contributed by atoms with Crippen molar-refractivity contribution in [2.24, 2.45) is 0 Å². The molecule has 0 unspecified atom stereocenters. The maximum Gasteiger partial charge on any atom is 0.0546 e. The highest BCUT2D eigenvalue weighted by atomic mass is 15.2. The van der Waals surface area contributed by atoms with Crippen LogP contribution in [-0.2, 0) is 6.42 Å². The SMILES string of the molecule is C=C1/C=C\C=C/Cc2ccccc2/C=C\1N(c1ccccc1)c1ccc(-c2ccc(N(c3ccccc3)c3cc4ccccc4c4ccccc34)cc2)cc1. The van der Waals surface area contributed by atoms with Crippen molar-refractivity contribution in [3.63, 3.8) is 0 Å². The highest BCUT2D eigenvalue weighted by Crippen LogP contribution is 2.43. The molecular weight excluding hydrogens is 665 g/mol. The minimum Gasteiger partial charge on any atom is -0.310 e. The number of rotatable bonds is 7. The number of nitrogens with zero attached hydrogens (tertiary/aromatic N) is 2. The van der Waals surface area contributed by atoms with Crippen LogP contribution in [-0.4, -0.2) is 0 Å². The number of anilines is 5. The van der Waals surface area contributed by atoms with Gasteiger partial charge in [0.2, 0.25) is 0 Å². The first-order chi connectivity index (χ1) is 27.2. The van der Waals surface area contributed by atoms with Crippen molar-refractivity contribution in [2.45, 2.75) is 6.42 Å². The van der Waals surface area contributed by atoms with Crippen LogP contribution in [0.4, 0.5) is 28.4 Å². The summed E-state index contributed by atoms with van der Waals surface area (Å²) in [6.07, 6.45) is 11.6. The molecule has 2 nitrogen and oxygen atoms in total. The minimum absolute atomic E-state index is 0.873. The van der Waals surface area contributed by atoms with Gasteiger partial charge in [-0.2, -0.15) is 0 Å². The summed E-state index contributed by atoms with van der Waals surface area (Å²) in [7, 11) is 0. The van der Waals surface area contributed by atoms with E-state index in [4.69, 9.17) is 0 Å². The van der Waals surface area contributed by atoms with Gasteiger partial charge in [-0.25, -0.2) is 0 Å². The van der Waals surface area contributed by atoms with Gasteiger partial charge in [0.15, 0.2) is 0 Å². The Bertz CT molecular complexity index is 2720. The van der Waals surface area contributed by atoms with Crippen LogP contribution in [0.15, 0.2) is 230 Å². The van der Waals surface area contributed by atoms with E-state index in [2.05, 4.69) is 235 Å². The van der Waals surface area contributed by atoms with Crippen LogP contribution in [0.5, 0.6) is 0 Å². The van der Waals surface area contributed by atoms with Crippen LogP contribution in [0.3, 0.4) is 0 Å². The molecule has 0 heterocycles. The second kappa shape index (κ2) is 15.1. The summed E-state index contributed by atoms with van der Waals surface area (Å²) in [6.45, 7) is 4.54. The van der Waals surface area contributed by atoms with E-state index in [0.29, 0.717) is 0 Å². The Morgan fingerprint density at radius 1 is 0.436 bits per heavy atom. The van der Waals surface area contributed by atoms with Crippen molar-refractivity contribution in [2.75, 3.05) is 9.80 Å². The average molecular weight is 705 g/mol. The van der Waals surface area contributed by atoms with E-state index in [0.717, 1.165) is 57.3 Å². The second-order valence-corrected chi connectivity index (χ2v) is 13.8. The monoisotopic (exact) mass is 704 g/mol. The molecule has 0 spiro atoms. The normalized spacial score (nSPS) is 14.8. The number of hydrogen-bond donors (Lipinski definition) is 0. The minimum atomic E-state index is 0.873. The molecule has 0 N–H and O–H groups in total. The first-order valence-electron chi connectivity index (χ1n) is 18.8. The molecule has 1 aliphatic carbocycles. The maximum absolute atomic E-state index is 4.54. The first-order valence-corrected chi connectivity index (χ1v) is 18.8. The zero-order valence-corrected chi connectivity index (χ0v) is 30.6. The first kappa shape index (κ1) is 33.7. The van der Waals surface area contributed by atoms with E-state index in [9.17, 15) is 0 Å². The number of allylic oxidation sites excluding steroid dienone is 4. The molecular formula is C53H40N2. The summed E-state index contributed by atoms with van der Waals surface area (Å²) >= 11 is 0. The highest BCUT2D eigenvalue weighted by molar-refractivity contribution is 6.14. The van der Waals surface area contributed by atoms with Crippen molar-refractivity contribution in [1.82, 2.24) is 0 Å². The van der Waals surface area contributed by atoms with Gasteiger partial charge in [-0.15, -0.1) is 0 Å². The average Bonchev–Trinajstić information content (AvgIpc) is 3.25. The zero-order chi connectivity index (χ0) is 37.0. The van der Waals surface area contributed by atoms with Gasteiger partial charge in [-0.3, -0.25) is 0 Å². The van der Waals surface area contributed by atoms with E-state index in [1.807, 2.05) is 0 Å². The lowest BCUT2D eigenvalue weighted by Gasteiger charge is -2.29. The summed E-state index contributed by atoms with van der Waals surface area (Å²) in [5, 5.41) is 4.95. The van der Waals surface area contributed by atoms with Gasteiger partial charge in [0, 0.05) is 28.1 Å². The Kier molecular flexibility index (Phi) is 9.22. The lowest BCUT2D eigenvalue weighted by Crippen LogP contribution is -2.17. The third-order valence-electron chi connectivity index (χ3n) is 10.4. The van der Waals surface area contributed by atoms with E-state index < -0.39 is 0 Å². The number of fused-ring (bicyclic) bond motifs is 4. The molecule has 2 heteroatoms. The number of benzene rings is 8. The summed E-state index contributed by atoms with van der Waals surface area (Å²) in [6, 6.07) is 67.4. The van der Waals surface area contributed by atoms with Gasteiger partial charge >= 0.3 is 0 Å². The smallest absolute Gasteiger partial charge is 0.0546 e. The second-order valence-electron chi connectivity index (χ2n) is 13.8. The third-order valence-corrected chi connectivity index (χ3v) is 10.4. The lowest BCUT2D eigenvalue weighted by molar-refractivity contribution is 1.19. The van der Waals surface area contributed by atoms with Crippen LogP contribution in [0.2, 0.25) is 0 Å². The fraction of sp³-hybridized carbons (Fsp3) is 0.0189. The maximum atomic E-state index is 4.54. The van der Waals surface area contributed by atoms with E-state index >= 15 is 0 Å². The topological polar surface area (TPSA) is 6.48 Å². The molecule has 1 aliphatic rings. The molecule has 0 atom stereocenters. The molecule has 262 valence electrons.